The fourth-order valence-electron chi connectivity index (χ4n) is 1.93. The summed E-state index contributed by atoms with van der Waals surface area (Å²) in [4.78, 5) is 10.1. The number of aromatic nitrogens is 1. The number of benzene rings is 1. The van der Waals surface area contributed by atoms with E-state index in [0.717, 1.165) is 29.2 Å². The summed E-state index contributed by atoms with van der Waals surface area (Å²) in [7, 11) is 0. The lowest BCUT2D eigenvalue weighted by Crippen LogP contribution is -2.23. The minimum atomic E-state index is 0.448. The largest absolute Gasteiger partial charge is 0.370 e. The number of nitrogens with zero attached hydrogens (tertiary/aromatic N) is 2. The van der Waals surface area contributed by atoms with Gasteiger partial charge in [0.1, 0.15) is 0 Å². The van der Waals surface area contributed by atoms with Crippen LogP contribution in [-0.2, 0) is 12.8 Å². The second-order valence-electron chi connectivity index (χ2n) is 4.94. The fourth-order valence-corrected chi connectivity index (χ4v) is 2.85. The Bertz CT molecular complexity index is 594. The molecule has 0 aliphatic carbocycles. The zero-order valence-corrected chi connectivity index (χ0v) is 13.6. The Hall–Kier alpha value is -1.88. The van der Waals surface area contributed by atoms with Gasteiger partial charge in [0.05, 0.1) is 10.7 Å². The predicted molar refractivity (Wildman–Crippen MR) is 91.2 cm³/mol. The van der Waals surface area contributed by atoms with Crippen LogP contribution in [0.15, 0.2) is 29.3 Å². The van der Waals surface area contributed by atoms with Crippen molar-refractivity contribution in [2.75, 3.05) is 11.9 Å². The van der Waals surface area contributed by atoms with Gasteiger partial charge >= 0.3 is 0 Å². The van der Waals surface area contributed by atoms with Crippen molar-refractivity contribution in [2.24, 2.45) is 10.7 Å². The molecule has 0 amide bonds. The molecular weight excluding hydrogens is 280 g/mol. The molecule has 0 unspecified atom stereocenters. The van der Waals surface area contributed by atoms with Gasteiger partial charge in [-0.2, -0.15) is 0 Å². The average molecular weight is 302 g/mol. The quantitative estimate of drug-likeness (QED) is 0.658. The molecule has 0 aliphatic heterocycles. The number of nitrogens with one attached hydrogen (secondary N) is 1. The van der Waals surface area contributed by atoms with Gasteiger partial charge in [0.2, 0.25) is 0 Å². The van der Waals surface area contributed by atoms with Crippen molar-refractivity contribution in [3.8, 4) is 0 Å². The van der Waals surface area contributed by atoms with Gasteiger partial charge in [0, 0.05) is 23.5 Å². The number of nitrogens with two attached hydrogens (primary N) is 1. The second-order valence-corrected chi connectivity index (χ2v) is 6.23. The Morgan fingerprint density at radius 1 is 1.29 bits per heavy atom. The standard InChI is InChI=1S/C16H22N4S/c1-4-13-5-7-14(8-6-13)20-16(17)18-10-9-15-19-11(2)12(3)21-15/h5-8H,4,9-10H2,1-3H3,(H3,17,18,20). The van der Waals surface area contributed by atoms with E-state index < -0.39 is 0 Å². The summed E-state index contributed by atoms with van der Waals surface area (Å²) in [5.74, 6) is 0.448. The molecule has 2 aromatic rings. The molecule has 21 heavy (non-hydrogen) atoms. The summed E-state index contributed by atoms with van der Waals surface area (Å²) in [6, 6.07) is 8.23. The summed E-state index contributed by atoms with van der Waals surface area (Å²) >= 11 is 1.73. The zero-order chi connectivity index (χ0) is 15.2. The molecular formula is C16H22N4S. The van der Waals surface area contributed by atoms with Crippen LogP contribution >= 0.6 is 11.3 Å². The highest BCUT2D eigenvalue weighted by Gasteiger charge is 2.03. The van der Waals surface area contributed by atoms with E-state index >= 15 is 0 Å². The van der Waals surface area contributed by atoms with E-state index in [9.17, 15) is 0 Å². The molecule has 1 aromatic heterocycles. The van der Waals surface area contributed by atoms with Crippen molar-refractivity contribution in [2.45, 2.75) is 33.6 Å². The third-order valence-electron chi connectivity index (χ3n) is 3.32. The van der Waals surface area contributed by atoms with Gasteiger partial charge in [-0.05, 0) is 38.0 Å². The Balaban J connectivity index is 1.85. The van der Waals surface area contributed by atoms with Crippen molar-refractivity contribution in [3.63, 3.8) is 0 Å². The Labute approximate surface area is 130 Å². The van der Waals surface area contributed by atoms with Crippen LogP contribution in [0.25, 0.3) is 0 Å². The monoisotopic (exact) mass is 302 g/mol. The lowest BCUT2D eigenvalue weighted by Gasteiger charge is -2.06. The number of aryl methyl sites for hydroxylation is 3. The highest BCUT2D eigenvalue weighted by Crippen LogP contribution is 2.16. The topological polar surface area (TPSA) is 63.3 Å². The van der Waals surface area contributed by atoms with Crippen LogP contribution in [-0.4, -0.2) is 17.5 Å². The minimum Gasteiger partial charge on any atom is -0.370 e. The van der Waals surface area contributed by atoms with Gasteiger partial charge in [0.15, 0.2) is 5.96 Å². The molecule has 0 spiro atoms. The molecule has 0 bridgehead atoms. The predicted octanol–water partition coefficient (Wildman–Crippen LogP) is 3.29. The number of rotatable bonds is 5. The minimum absolute atomic E-state index is 0.448. The van der Waals surface area contributed by atoms with Crippen LogP contribution in [0.5, 0.6) is 0 Å². The molecule has 3 N–H and O–H groups in total. The molecule has 0 saturated carbocycles. The highest BCUT2D eigenvalue weighted by atomic mass is 32.1. The first-order valence-electron chi connectivity index (χ1n) is 7.17. The number of anilines is 1. The van der Waals surface area contributed by atoms with Crippen LogP contribution in [0.1, 0.15) is 28.1 Å². The molecule has 0 radical (unpaired) electrons. The maximum atomic E-state index is 5.90. The molecule has 0 saturated heterocycles. The van der Waals surface area contributed by atoms with Gasteiger partial charge in [-0.15, -0.1) is 11.3 Å². The van der Waals surface area contributed by atoms with Gasteiger partial charge in [-0.1, -0.05) is 19.1 Å². The third kappa shape index (κ3) is 4.56. The number of hydrogen-bond acceptors (Lipinski definition) is 3. The smallest absolute Gasteiger partial charge is 0.193 e. The molecule has 112 valence electrons. The number of thiazole rings is 1. The molecule has 1 heterocycles. The first kappa shape index (κ1) is 15.5. The normalized spacial score (nSPS) is 11.7. The van der Waals surface area contributed by atoms with Crippen molar-refractivity contribution in [3.05, 3.63) is 45.4 Å². The van der Waals surface area contributed by atoms with Crippen LogP contribution in [0, 0.1) is 13.8 Å². The van der Waals surface area contributed by atoms with E-state index in [0.29, 0.717) is 12.5 Å². The Kier molecular flexibility index (Phi) is 5.33. The lowest BCUT2D eigenvalue weighted by molar-refractivity contribution is 0.941. The Morgan fingerprint density at radius 2 is 2.00 bits per heavy atom. The van der Waals surface area contributed by atoms with Crippen molar-refractivity contribution in [1.29, 1.82) is 0 Å². The van der Waals surface area contributed by atoms with E-state index in [1.54, 1.807) is 11.3 Å². The molecule has 1 aromatic carbocycles. The first-order valence-corrected chi connectivity index (χ1v) is 7.99. The average Bonchev–Trinajstić information content (AvgIpc) is 2.78. The lowest BCUT2D eigenvalue weighted by atomic mass is 10.1. The van der Waals surface area contributed by atoms with Crippen LogP contribution in [0.4, 0.5) is 5.69 Å². The molecule has 0 atom stereocenters. The Morgan fingerprint density at radius 3 is 2.57 bits per heavy atom. The summed E-state index contributed by atoms with van der Waals surface area (Å²) in [5, 5.41) is 4.23. The van der Waals surface area contributed by atoms with Crippen LogP contribution in [0.2, 0.25) is 0 Å². The fraction of sp³-hybridized carbons (Fsp3) is 0.375. The van der Waals surface area contributed by atoms with Gasteiger partial charge < -0.3 is 11.1 Å². The van der Waals surface area contributed by atoms with E-state index in [2.05, 4.69) is 41.3 Å². The SMILES string of the molecule is CCc1ccc(NC(N)=NCCc2nc(C)c(C)s2)cc1. The second kappa shape index (κ2) is 7.22. The summed E-state index contributed by atoms with van der Waals surface area (Å²) in [5.41, 5.74) is 9.29. The first-order chi connectivity index (χ1) is 10.1. The van der Waals surface area contributed by atoms with Crippen molar-refractivity contribution < 1.29 is 0 Å². The number of aliphatic imine (C=N–C) groups is 1. The number of hydrogen-bond donors (Lipinski definition) is 2. The third-order valence-corrected chi connectivity index (χ3v) is 4.45. The van der Waals surface area contributed by atoms with E-state index in [4.69, 9.17) is 5.73 Å². The van der Waals surface area contributed by atoms with Crippen LogP contribution in [0.3, 0.4) is 0 Å². The number of guanidine groups is 1. The van der Waals surface area contributed by atoms with Gasteiger partial charge in [0.25, 0.3) is 0 Å². The molecule has 0 aliphatic rings. The van der Waals surface area contributed by atoms with Crippen molar-refractivity contribution >= 4 is 23.0 Å². The van der Waals surface area contributed by atoms with Crippen LogP contribution < -0.4 is 11.1 Å². The molecule has 4 nitrogen and oxygen atoms in total. The zero-order valence-electron chi connectivity index (χ0n) is 12.8. The summed E-state index contributed by atoms with van der Waals surface area (Å²) in [6.45, 7) is 6.92. The maximum absolute atomic E-state index is 5.90. The van der Waals surface area contributed by atoms with E-state index in [-0.39, 0.29) is 0 Å². The molecule has 0 fully saturated rings. The maximum Gasteiger partial charge on any atom is 0.193 e. The summed E-state index contributed by atoms with van der Waals surface area (Å²) < 4.78 is 0. The molecule has 2 rings (SSSR count). The van der Waals surface area contributed by atoms with E-state index in [1.807, 2.05) is 19.1 Å². The summed E-state index contributed by atoms with van der Waals surface area (Å²) in [6.07, 6.45) is 1.87. The van der Waals surface area contributed by atoms with E-state index in [1.165, 1.54) is 10.4 Å². The van der Waals surface area contributed by atoms with Crippen molar-refractivity contribution in [1.82, 2.24) is 4.98 Å². The van der Waals surface area contributed by atoms with Gasteiger partial charge in [-0.25, -0.2) is 4.98 Å². The highest BCUT2D eigenvalue weighted by molar-refractivity contribution is 7.11. The molecule has 5 heteroatoms. The van der Waals surface area contributed by atoms with Gasteiger partial charge in [-0.3, -0.25) is 4.99 Å².